The number of hydrogen-bond donors (Lipinski definition) is 2. The van der Waals surface area contributed by atoms with Crippen LogP contribution in [-0.2, 0) is 0 Å². The summed E-state index contributed by atoms with van der Waals surface area (Å²) in [7, 11) is 0. The number of nitrogens with one attached hydrogen (secondary N) is 2. The molecule has 0 radical (unpaired) electrons. The first-order valence-corrected chi connectivity index (χ1v) is 9.01. The Kier molecular flexibility index (Phi) is 7.34. The third-order valence-electron chi connectivity index (χ3n) is 5.03. The topological polar surface area (TPSA) is 44.4 Å². The van der Waals surface area contributed by atoms with Crippen LogP contribution in [0.4, 0.5) is 4.79 Å². The van der Waals surface area contributed by atoms with E-state index < -0.39 is 0 Å². The Morgan fingerprint density at radius 2 is 1.62 bits per heavy atom. The van der Waals surface area contributed by atoms with Crippen molar-refractivity contribution >= 4 is 6.03 Å². The molecule has 4 nitrogen and oxygen atoms in total. The predicted molar refractivity (Wildman–Crippen MR) is 87.5 cm³/mol. The molecule has 0 spiro atoms. The van der Waals surface area contributed by atoms with Gasteiger partial charge in [0, 0.05) is 19.1 Å². The Labute approximate surface area is 130 Å². The number of carbonyl (C=O) groups excluding carboxylic acids is 1. The van der Waals surface area contributed by atoms with E-state index in [0.29, 0.717) is 6.04 Å². The van der Waals surface area contributed by atoms with Crippen molar-refractivity contribution in [2.45, 2.75) is 70.8 Å². The number of nitrogens with zero attached hydrogens (tertiary/aromatic N) is 1. The van der Waals surface area contributed by atoms with E-state index in [9.17, 15) is 4.79 Å². The number of likely N-dealkylation sites (tertiary alicyclic amines) is 1. The molecular weight excluding hydrogens is 262 g/mol. The number of rotatable bonds is 4. The lowest BCUT2D eigenvalue weighted by atomic mass is 9.97. The average Bonchev–Trinajstić information content (AvgIpc) is 2.44. The predicted octanol–water partition coefficient (Wildman–Crippen LogP) is 3.13. The van der Waals surface area contributed by atoms with Gasteiger partial charge in [-0.15, -0.1) is 0 Å². The second-order valence-electron chi connectivity index (χ2n) is 6.97. The van der Waals surface area contributed by atoms with E-state index in [1.165, 1.54) is 58.0 Å². The normalized spacial score (nSPS) is 23.3. The van der Waals surface area contributed by atoms with E-state index in [4.69, 9.17) is 0 Å². The van der Waals surface area contributed by atoms with Crippen LogP contribution in [-0.4, -0.2) is 43.2 Å². The molecule has 0 aromatic carbocycles. The molecule has 0 atom stereocenters. The summed E-state index contributed by atoms with van der Waals surface area (Å²) in [6.07, 6.45) is 11.4. The first kappa shape index (κ1) is 16.6. The summed E-state index contributed by atoms with van der Waals surface area (Å²) in [5, 5.41) is 6.20. The molecule has 21 heavy (non-hydrogen) atoms. The lowest BCUT2D eigenvalue weighted by Gasteiger charge is -2.30. The Morgan fingerprint density at radius 1 is 1.00 bits per heavy atom. The molecule has 1 aliphatic heterocycles. The van der Waals surface area contributed by atoms with Gasteiger partial charge in [0.25, 0.3) is 0 Å². The van der Waals surface area contributed by atoms with Crippen LogP contribution in [0.15, 0.2) is 0 Å². The van der Waals surface area contributed by atoms with Crippen LogP contribution >= 0.6 is 0 Å². The first-order valence-electron chi connectivity index (χ1n) is 9.01. The van der Waals surface area contributed by atoms with E-state index >= 15 is 0 Å². The molecule has 2 aliphatic rings. The Hall–Kier alpha value is -0.770. The summed E-state index contributed by atoms with van der Waals surface area (Å²) in [4.78, 5) is 14.4. The maximum Gasteiger partial charge on any atom is 0.315 e. The zero-order valence-electron chi connectivity index (χ0n) is 13.7. The summed E-state index contributed by atoms with van der Waals surface area (Å²) in [6.45, 7) is 6.47. The lowest BCUT2D eigenvalue weighted by Crippen LogP contribution is -2.45. The first-order chi connectivity index (χ1) is 10.2. The van der Waals surface area contributed by atoms with E-state index in [1.54, 1.807) is 0 Å². The second-order valence-corrected chi connectivity index (χ2v) is 6.97. The minimum atomic E-state index is 0.0333. The van der Waals surface area contributed by atoms with Crippen LogP contribution in [0.25, 0.3) is 0 Å². The molecule has 122 valence electrons. The molecule has 0 aromatic heterocycles. The number of hydrogen-bond acceptors (Lipinski definition) is 2. The molecule has 0 unspecified atom stereocenters. The van der Waals surface area contributed by atoms with Crippen molar-refractivity contribution in [2.24, 2.45) is 5.92 Å². The third kappa shape index (κ3) is 6.68. The van der Waals surface area contributed by atoms with E-state index in [0.717, 1.165) is 31.8 Å². The zero-order valence-corrected chi connectivity index (χ0v) is 13.7. The molecule has 4 heteroatoms. The van der Waals surface area contributed by atoms with Crippen molar-refractivity contribution in [1.82, 2.24) is 15.5 Å². The van der Waals surface area contributed by atoms with Gasteiger partial charge in [0.1, 0.15) is 0 Å². The fourth-order valence-electron chi connectivity index (χ4n) is 3.45. The van der Waals surface area contributed by atoms with Gasteiger partial charge in [0.05, 0.1) is 0 Å². The lowest BCUT2D eigenvalue weighted by molar-refractivity contribution is 0.191. The summed E-state index contributed by atoms with van der Waals surface area (Å²) in [5.41, 5.74) is 0. The highest BCUT2D eigenvalue weighted by Gasteiger charge is 2.16. The summed E-state index contributed by atoms with van der Waals surface area (Å²) in [5.74, 6) is 0.872. The Bertz CT molecular complexity index is 292. The largest absolute Gasteiger partial charge is 0.337 e. The second kappa shape index (κ2) is 9.29. The molecule has 2 fully saturated rings. The molecule has 2 rings (SSSR count). The smallest absolute Gasteiger partial charge is 0.315 e. The standard InChI is InChI=1S/C17H33N3O/c1-15-9-12-20(13-10-15)14-11-18-17(21)19-16-7-5-3-2-4-6-8-16/h15-16H,2-14H2,1H3,(H2,18,19,21). The van der Waals surface area contributed by atoms with Crippen molar-refractivity contribution in [1.29, 1.82) is 0 Å². The molecule has 1 aliphatic carbocycles. The van der Waals surface area contributed by atoms with Crippen LogP contribution in [0.2, 0.25) is 0 Å². The molecule has 2 amide bonds. The van der Waals surface area contributed by atoms with Gasteiger partial charge in [0.15, 0.2) is 0 Å². The minimum absolute atomic E-state index is 0.0333. The maximum absolute atomic E-state index is 12.0. The fraction of sp³-hybridized carbons (Fsp3) is 0.941. The highest BCUT2D eigenvalue weighted by atomic mass is 16.2. The Morgan fingerprint density at radius 3 is 2.29 bits per heavy atom. The number of urea groups is 1. The zero-order chi connectivity index (χ0) is 14.9. The number of piperidine rings is 1. The minimum Gasteiger partial charge on any atom is -0.337 e. The summed E-state index contributed by atoms with van der Waals surface area (Å²) >= 11 is 0. The van der Waals surface area contributed by atoms with Crippen molar-refractivity contribution in [3.05, 3.63) is 0 Å². The van der Waals surface area contributed by atoms with Gasteiger partial charge in [-0.2, -0.15) is 0 Å². The molecule has 1 saturated heterocycles. The SMILES string of the molecule is CC1CCN(CCNC(=O)NC2CCCCCCC2)CC1. The molecule has 0 aromatic rings. The van der Waals surface area contributed by atoms with Crippen LogP contribution < -0.4 is 10.6 Å². The van der Waals surface area contributed by atoms with Crippen LogP contribution in [0.3, 0.4) is 0 Å². The van der Waals surface area contributed by atoms with Gasteiger partial charge < -0.3 is 15.5 Å². The van der Waals surface area contributed by atoms with Crippen LogP contribution in [0.5, 0.6) is 0 Å². The van der Waals surface area contributed by atoms with Crippen molar-refractivity contribution in [2.75, 3.05) is 26.2 Å². The molecular formula is C17H33N3O. The molecule has 2 N–H and O–H groups in total. The highest BCUT2D eigenvalue weighted by molar-refractivity contribution is 5.74. The average molecular weight is 295 g/mol. The quantitative estimate of drug-likeness (QED) is 0.837. The molecule has 1 heterocycles. The fourth-order valence-corrected chi connectivity index (χ4v) is 3.45. The van der Waals surface area contributed by atoms with E-state index in [2.05, 4.69) is 22.5 Å². The Balaban J connectivity index is 1.56. The van der Waals surface area contributed by atoms with Gasteiger partial charge in [-0.1, -0.05) is 39.0 Å². The monoisotopic (exact) mass is 295 g/mol. The summed E-state index contributed by atoms with van der Waals surface area (Å²) in [6, 6.07) is 0.423. The van der Waals surface area contributed by atoms with Gasteiger partial charge in [-0.25, -0.2) is 4.79 Å². The van der Waals surface area contributed by atoms with Crippen LogP contribution in [0, 0.1) is 5.92 Å². The van der Waals surface area contributed by atoms with E-state index in [1.807, 2.05) is 0 Å². The maximum atomic E-state index is 12.0. The van der Waals surface area contributed by atoms with Gasteiger partial charge in [-0.3, -0.25) is 0 Å². The van der Waals surface area contributed by atoms with Gasteiger partial charge in [0.2, 0.25) is 0 Å². The highest BCUT2D eigenvalue weighted by Crippen LogP contribution is 2.17. The van der Waals surface area contributed by atoms with Crippen molar-refractivity contribution < 1.29 is 4.79 Å². The van der Waals surface area contributed by atoms with E-state index in [-0.39, 0.29) is 6.03 Å². The molecule has 1 saturated carbocycles. The molecule has 0 bridgehead atoms. The van der Waals surface area contributed by atoms with Crippen molar-refractivity contribution in [3.8, 4) is 0 Å². The summed E-state index contributed by atoms with van der Waals surface area (Å²) < 4.78 is 0. The third-order valence-corrected chi connectivity index (χ3v) is 5.03. The van der Waals surface area contributed by atoms with Crippen LogP contribution in [0.1, 0.15) is 64.7 Å². The number of amides is 2. The van der Waals surface area contributed by atoms with Gasteiger partial charge in [-0.05, 0) is 44.7 Å². The van der Waals surface area contributed by atoms with Gasteiger partial charge >= 0.3 is 6.03 Å². The van der Waals surface area contributed by atoms with Crippen molar-refractivity contribution in [3.63, 3.8) is 0 Å². The number of carbonyl (C=O) groups is 1.